The molecule has 0 saturated carbocycles. The SMILES string of the molecule is CC(N)CC(O[SH](=O)=O)c1ccccc1. The molecule has 84 valence electrons. The van der Waals surface area contributed by atoms with Gasteiger partial charge in [-0.15, -0.1) is 0 Å². The van der Waals surface area contributed by atoms with Crippen LogP contribution in [0.15, 0.2) is 30.3 Å². The maximum Gasteiger partial charge on any atom is 0.257 e. The van der Waals surface area contributed by atoms with Crippen molar-refractivity contribution in [2.45, 2.75) is 25.5 Å². The summed E-state index contributed by atoms with van der Waals surface area (Å²) >= 11 is 0. The van der Waals surface area contributed by atoms with Crippen molar-refractivity contribution in [1.29, 1.82) is 0 Å². The van der Waals surface area contributed by atoms with Crippen LogP contribution in [0.5, 0.6) is 0 Å². The highest BCUT2D eigenvalue weighted by Gasteiger charge is 2.14. The second-order valence-corrected chi connectivity index (χ2v) is 4.10. The van der Waals surface area contributed by atoms with Crippen LogP contribution in [-0.4, -0.2) is 14.5 Å². The first kappa shape index (κ1) is 12.2. The van der Waals surface area contributed by atoms with Gasteiger partial charge in [-0.1, -0.05) is 30.3 Å². The molecule has 1 aromatic rings. The predicted molar refractivity (Wildman–Crippen MR) is 58.8 cm³/mol. The quantitative estimate of drug-likeness (QED) is 0.739. The molecule has 0 spiro atoms. The highest BCUT2D eigenvalue weighted by molar-refractivity contribution is 7.67. The summed E-state index contributed by atoms with van der Waals surface area (Å²) in [4.78, 5) is 0. The van der Waals surface area contributed by atoms with Crippen LogP contribution < -0.4 is 5.73 Å². The van der Waals surface area contributed by atoms with Gasteiger partial charge in [-0.3, -0.25) is 4.18 Å². The lowest BCUT2D eigenvalue weighted by atomic mass is 10.0. The zero-order chi connectivity index (χ0) is 11.3. The predicted octanol–water partition coefficient (Wildman–Crippen LogP) is 1.01. The van der Waals surface area contributed by atoms with Crippen molar-refractivity contribution >= 4 is 11.0 Å². The molecule has 5 heteroatoms. The molecule has 4 nitrogen and oxygen atoms in total. The third-order valence-electron chi connectivity index (χ3n) is 1.97. The molecule has 15 heavy (non-hydrogen) atoms. The van der Waals surface area contributed by atoms with Crippen molar-refractivity contribution in [2.24, 2.45) is 5.73 Å². The fourth-order valence-corrected chi connectivity index (χ4v) is 1.76. The molecule has 0 aliphatic rings. The number of nitrogens with two attached hydrogens (primary N) is 1. The largest absolute Gasteiger partial charge is 0.328 e. The average molecular weight is 229 g/mol. The Kier molecular flexibility index (Phi) is 4.74. The van der Waals surface area contributed by atoms with Crippen LogP contribution in [0.2, 0.25) is 0 Å². The van der Waals surface area contributed by atoms with Gasteiger partial charge in [0.1, 0.15) is 6.10 Å². The second-order valence-electron chi connectivity index (χ2n) is 3.44. The minimum Gasteiger partial charge on any atom is -0.328 e. The summed E-state index contributed by atoms with van der Waals surface area (Å²) < 4.78 is 25.9. The van der Waals surface area contributed by atoms with Crippen molar-refractivity contribution < 1.29 is 12.6 Å². The van der Waals surface area contributed by atoms with Crippen LogP contribution in [0.25, 0.3) is 0 Å². The molecule has 0 aliphatic carbocycles. The van der Waals surface area contributed by atoms with Gasteiger partial charge in [0, 0.05) is 6.04 Å². The van der Waals surface area contributed by atoms with E-state index in [1.54, 1.807) is 0 Å². The van der Waals surface area contributed by atoms with Gasteiger partial charge < -0.3 is 5.73 Å². The maximum absolute atomic E-state index is 10.5. The third-order valence-corrected chi connectivity index (χ3v) is 2.40. The minimum atomic E-state index is -2.85. The first-order valence-corrected chi connectivity index (χ1v) is 5.81. The van der Waals surface area contributed by atoms with Crippen LogP contribution in [0.1, 0.15) is 25.0 Å². The van der Waals surface area contributed by atoms with E-state index in [9.17, 15) is 8.42 Å². The molecule has 0 saturated heterocycles. The molecule has 0 fully saturated rings. The Hall–Kier alpha value is -0.910. The first-order valence-electron chi connectivity index (χ1n) is 4.71. The van der Waals surface area contributed by atoms with Gasteiger partial charge in [0.2, 0.25) is 0 Å². The zero-order valence-corrected chi connectivity index (χ0v) is 9.39. The van der Waals surface area contributed by atoms with E-state index >= 15 is 0 Å². The van der Waals surface area contributed by atoms with Crippen LogP contribution >= 0.6 is 0 Å². The van der Waals surface area contributed by atoms with Gasteiger partial charge in [-0.05, 0) is 18.9 Å². The molecule has 0 heterocycles. The van der Waals surface area contributed by atoms with Crippen molar-refractivity contribution in [3.63, 3.8) is 0 Å². The smallest absolute Gasteiger partial charge is 0.257 e. The summed E-state index contributed by atoms with van der Waals surface area (Å²) in [5, 5.41) is 0. The summed E-state index contributed by atoms with van der Waals surface area (Å²) in [6.07, 6.45) is 0.000149. The fourth-order valence-electron chi connectivity index (χ4n) is 1.35. The van der Waals surface area contributed by atoms with Crippen LogP contribution in [0.4, 0.5) is 0 Å². The van der Waals surface area contributed by atoms with Gasteiger partial charge in [-0.2, -0.15) is 0 Å². The lowest BCUT2D eigenvalue weighted by Gasteiger charge is -2.16. The maximum atomic E-state index is 10.5. The lowest BCUT2D eigenvalue weighted by Crippen LogP contribution is -2.20. The summed E-state index contributed by atoms with van der Waals surface area (Å²) in [6.45, 7) is 1.82. The Balaban J connectivity index is 2.81. The van der Waals surface area contributed by atoms with Crippen molar-refractivity contribution in [3.05, 3.63) is 35.9 Å². The lowest BCUT2D eigenvalue weighted by molar-refractivity contribution is 0.204. The van der Waals surface area contributed by atoms with Crippen molar-refractivity contribution in [3.8, 4) is 0 Å². The molecule has 1 aromatic carbocycles. The highest BCUT2D eigenvalue weighted by Crippen LogP contribution is 2.21. The fraction of sp³-hybridized carbons (Fsp3) is 0.400. The highest BCUT2D eigenvalue weighted by atomic mass is 32.2. The summed E-state index contributed by atoms with van der Waals surface area (Å²) in [5.41, 5.74) is 6.46. The molecule has 0 amide bonds. The number of rotatable bonds is 5. The number of hydrogen-bond acceptors (Lipinski definition) is 4. The van der Waals surface area contributed by atoms with E-state index in [1.807, 2.05) is 37.3 Å². The summed E-state index contributed by atoms with van der Waals surface area (Å²) in [7, 11) is -2.85. The topological polar surface area (TPSA) is 69.4 Å². The van der Waals surface area contributed by atoms with E-state index < -0.39 is 17.1 Å². The molecule has 1 rings (SSSR count). The molecule has 0 bridgehead atoms. The van der Waals surface area contributed by atoms with Gasteiger partial charge in [0.05, 0.1) is 0 Å². The zero-order valence-electron chi connectivity index (χ0n) is 8.50. The first-order chi connectivity index (χ1) is 7.09. The van der Waals surface area contributed by atoms with Crippen molar-refractivity contribution in [2.75, 3.05) is 0 Å². The Morgan fingerprint density at radius 1 is 1.33 bits per heavy atom. The van der Waals surface area contributed by atoms with Crippen molar-refractivity contribution in [1.82, 2.24) is 0 Å². The Bertz CT molecular complexity index is 354. The van der Waals surface area contributed by atoms with E-state index in [-0.39, 0.29) is 6.04 Å². The molecule has 2 atom stereocenters. The normalized spacial score (nSPS) is 15.1. The molecular formula is C10H15NO3S. The minimum absolute atomic E-state index is 0.106. The molecule has 0 aliphatic heterocycles. The van der Waals surface area contributed by atoms with Gasteiger partial charge in [0.25, 0.3) is 11.0 Å². The van der Waals surface area contributed by atoms with Crippen LogP contribution in [0.3, 0.4) is 0 Å². The molecule has 2 unspecified atom stereocenters. The summed E-state index contributed by atoms with van der Waals surface area (Å²) in [6, 6.07) is 9.09. The molecule has 0 aromatic heterocycles. The van der Waals surface area contributed by atoms with Gasteiger partial charge >= 0.3 is 0 Å². The van der Waals surface area contributed by atoms with E-state index in [4.69, 9.17) is 9.92 Å². The van der Waals surface area contributed by atoms with E-state index in [2.05, 4.69) is 0 Å². The van der Waals surface area contributed by atoms with Gasteiger partial charge in [-0.25, -0.2) is 8.42 Å². The standard InChI is InChI=1S/C10H15NO3S/c1-8(11)7-10(14-15(12)13)9-5-3-2-4-6-9/h2-6,8,10,15H,7,11H2,1H3. The number of thiol groups is 1. The number of hydrogen-bond donors (Lipinski definition) is 2. The second kappa shape index (κ2) is 5.85. The van der Waals surface area contributed by atoms with Crippen LogP contribution in [0, 0.1) is 0 Å². The monoisotopic (exact) mass is 229 g/mol. The summed E-state index contributed by atoms with van der Waals surface area (Å²) in [5.74, 6) is 0. The molecular weight excluding hydrogens is 214 g/mol. The number of benzene rings is 1. The molecule has 2 N–H and O–H groups in total. The van der Waals surface area contributed by atoms with E-state index in [0.717, 1.165) is 5.56 Å². The Labute approximate surface area is 91.2 Å². The van der Waals surface area contributed by atoms with E-state index in [1.165, 1.54) is 0 Å². The Morgan fingerprint density at radius 2 is 1.93 bits per heavy atom. The third kappa shape index (κ3) is 4.42. The average Bonchev–Trinajstić information content (AvgIpc) is 2.17. The Morgan fingerprint density at radius 3 is 2.40 bits per heavy atom. The van der Waals surface area contributed by atoms with Gasteiger partial charge in [0.15, 0.2) is 0 Å². The molecule has 0 radical (unpaired) electrons. The van der Waals surface area contributed by atoms with Crippen LogP contribution in [-0.2, 0) is 15.2 Å². The van der Waals surface area contributed by atoms with E-state index in [0.29, 0.717) is 6.42 Å².